The van der Waals surface area contributed by atoms with E-state index < -0.39 is 0 Å². The lowest BCUT2D eigenvalue weighted by atomic mass is 10.1. The Labute approximate surface area is 74.2 Å². The van der Waals surface area contributed by atoms with Crippen LogP contribution in [0.4, 0.5) is 0 Å². The zero-order chi connectivity index (χ0) is 8.81. The van der Waals surface area contributed by atoms with Gasteiger partial charge in [-0.2, -0.15) is 0 Å². The fourth-order valence-corrected chi connectivity index (χ4v) is 1.27. The smallest absolute Gasteiger partial charge is 0.0434 e. The van der Waals surface area contributed by atoms with Crippen molar-refractivity contribution in [3.05, 3.63) is 23.9 Å². The Morgan fingerprint density at radius 2 is 2.42 bits per heavy atom. The van der Waals surface area contributed by atoms with E-state index in [1.807, 2.05) is 0 Å². The van der Waals surface area contributed by atoms with Gasteiger partial charge in [-0.25, -0.2) is 0 Å². The molecule has 0 saturated heterocycles. The van der Waals surface area contributed by atoms with Crippen LogP contribution in [0, 0.1) is 0 Å². The second kappa shape index (κ2) is 4.99. The Morgan fingerprint density at radius 3 is 2.92 bits per heavy atom. The summed E-state index contributed by atoms with van der Waals surface area (Å²) in [4.78, 5) is 2.25. The molecule has 1 N–H and O–H groups in total. The van der Waals surface area contributed by atoms with E-state index in [0.717, 1.165) is 25.9 Å². The average molecular weight is 167 g/mol. The summed E-state index contributed by atoms with van der Waals surface area (Å²) in [7, 11) is 0. The van der Waals surface area contributed by atoms with Gasteiger partial charge < -0.3 is 10.0 Å². The standard InChI is InChI=1S/C10H17NO/c1-2-11-7-5-10(6-8-11)4-3-9-12/h5-7,12H,2-4,8-9H2,1H3. The molecule has 0 amide bonds. The van der Waals surface area contributed by atoms with Crippen LogP contribution >= 0.6 is 0 Å². The molecule has 0 saturated carbocycles. The van der Waals surface area contributed by atoms with Crippen LogP contribution in [0.2, 0.25) is 0 Å². The van der Waals surface area contributed by atoms with Crippen LogP contribution in [-0.2, 0) is 0 Å². The highest BCUT2D eigenvalue weighted by Crippen LogP contribution is 2.11. The molecule has 68 valence electrons. The third kappa shape index (κ3) is 2.70. The zero-order valence-electron chi connectivity index (χ0n) is 7.66. The Bertz CT molecular complexity index is 184. The molecule has 0 aliphatic carbocycles. The van der Waals surface area contributed by atoms with Crippen LogP contribution in [0.25, 0.3) is 0 Å². The van der Waals surface area contributed by atoms with Gasteiger partial charge >= 0.3 is 0 Å². The average Bonchev–Trinajstić information content (AvgIpc) is 2.15. The van der Waals surface area contributed by atoms with Gasteiger partial charge in [0.2, 0.25) is 0 Å². The molecule has 0 spiro atoms. The summed E-state index contributed by atoms with van der Waals surface area (Å²) < 4.78 is 0. The van der Waals surface area contributed by atoms with E-state index >= 15 is 0 Å². The number of allylic oxidation sites excluding steroid dienone is 2. The van der Waals surface area contributed by atoms with Crippen molar-refractivity contribution in [2.75, 3.05) is 19.7 Å². The molecule has 1 heterocycles. The maximum absolute atomic E-state index is 8.63. The quantitative estimate of drug-likeness (QED) is 0.686. The van der Waals surface area contributed by atoms with Crippen LogP contribution in [0.3, 0.4) is 0 Å². The van der Waals surface area contributed by atoms with Crippen molar-refractivity contribution < 1.29 is 5.11 Å². The van der Waals surface area contributed by atoms with E-state index in [0.29, 0.717) is 6.61 Å². The number of aliphatic hydroxyl groups is 1. The van der Waals surface area contributed by atoms with Gasteiger partial charge in [0.05, 0.1) is 0 Å². The van der Waals surface area contributed by atoms with Crippen molar-refractivity contribution >= 4 is 0 Å². The van der Waals surface area contributed by atoms with Gasteiger partial charge in [0.25, 0.3) is 0 Å². The van der Waals surface area contributed by atoms with Crippen molar-refractivity contribution in [3.8, 4) is 0 Å². The van der Waals surface area contributed by atoms with Crippen molar-refractivity contribution in [2.24, 2.45) is 0 Å². The Kier molecular flexibility index (Phi) is 3.88. The zero-order valence-corrected chi connectivity index (χ0v) is 7.66. The van der Waals surface area contributed by atoms with Gasteiger partial charge in [0.15, 0.2) is 0 Å². The van der Waals surface area contributed by atoms with Crippen LogP contribution in [0.15, 0.2) is 23.9 Å². The van der Waals surface area contributed by atoms with Crippen molar-refractivity contribution in [2.45, 2.75) is 19.8 Å². The first kappa shape index (κ1) is 9.33. The van der Waals surface area contributed by atoms with Gasteiger partial charge in [0, 0.05) is 19.7 Å². The summed E-state index contributed by atoms with van der Waals surface area (Å²) in [6.45, 7) is 4.54. The van der Waals surface area contributed by atoms with E-state index in [1.54, 1.807) is 0 Å². The minimum absolute atomic E-state index is 0.294. The third-order valence-electron chi connectivity index (χ3n) is 2.12. The maximum Gasteiger partial charge on any atom is 0.0434 e. The third-order valence-corrected chi connectivity index (χ3v) is 2.12. The number of likely N-dealkylation sites (N-methyl/N-ethyl adjacent to an activating group) is 1. The van der Waals surface area contributed by atoms with Crippen LogP contribution in [0.1, 0.15) is 19.8 Å². The van der Waals surface area contributed by atoms with Gasteiger partial charge in [-0.3, -0.25) is 0 Å². The minimum atomic E-state index is 0.294. The second-order valence-corrected chi connectivity index (χ2v) is 3.01. The normalized spacial score (nSPS) is 16.5. The van der Waals surface area contributed by atoms with E-state index in [9.17, 15) is 0 Å². The van der Waals surface area contributed by atoms with E-state index in [2.05, 4.69) is 30.2 Å². The molecule has 0 radical (unpaired) electrons. The molecule has 0 bridgehead atoms. The molecule has 0 aromatic heterocycles. The molecule has 12 heavy (non-hydrogen) atoms. The minimum Gasteiger partial charge on any atom is -0.396 e. The van der Waals surface area contributed by atoms with E-state index in [4.69, 9.17) is 5.11 Å². The summed E-state index contributed by atoms with van der Waals surface area (Å²) in [5.74, 6) is 0. The van der Waals surface area contributed by atoms with Gasteiger partial charge in [-0.1, -0.05) is 6.08 Å². The lowest BCUT2D eigenvalue weighted by Gasteiger charge is -2.20. The topological polar surface area (TPSA) is 23.5 Å². The summed E-state index contributed by atoms with van der Waals surface area (Å²) >= 11 is 0. The molecule has 1 aliphatic rings. The molecule has 1 aliphatic heterocycles. The van der Waals surface area contributed by atoms with Crippen molar-refractivity contribution in [1.29, 1.82) is 0 Å². The number of aliphatic hydroxyl groups excluding tert-OH is 1. The fraction of sp³-hybridized carbons (Fsp3) is 0.600. The van der Waals surface area contributed by atoms with Crippen molar-refractivity contribution in [1.82, 2.24) is 4.90 Å². The number of hydrogen-bond donors (Lipinski definition) is 1. The molecular weight excluding hydrogens is 150 g/mol. The second-order valence-electron chi connectivity index (χ2n) is 3.01. The maximum atomic E-state index is 8.63. The van der Waals surface area contributed by atoms with Gasteiger partial charge in [0.1, 0.15) is 0 Å². The Hall–Kier alpha value is -0.760. The predicted molar refractivity (Wildman–Crippen MR) is 50.8 cm³/mol. The van der Waals surface area contributed by atoms with Crippen LogP contribution in [0.5, 0.6) is 0 Å². The van der Waals surface area contributed by atoms with Gasteiger partial charge in [-0.15, -0.1) is 0 Å². The monoisotopic (exact) mass is 167 g/mol. The lowest BCUT2D eigenvalue weighted by Crippen LogP contribution is -2.19. The largest absolute Gasteiger partial charge is 0.396 e. The Morgan fingerprint density at radius 1 is 1.58 bits per heavy atom. The first-order chi connectivity index (χ1) is 5.86. The molecule has 0 atom stereocenters. The summed E-state index contributed by atoms with van der Waals surface area (Å²) in [5, 5.41) is 8.63. The summed E-state index contributed by atoms with van der Waals surface area (Å²) in [6.07, 6.45) is 8.39. The van der Waals surface area contributed by atoms with Gasteiger partial charge in [-0.05, 0) is 37.6 Å². The predicted octanol–water partition coefficient (Wildman–Crippen LogP) is 1.53. The SMILES string of the molecule is CCN1C=CC(CCCO)=CC1. The number of rotatable bonds is 4. The lowest BCUT2D eigenvalue weighted by molar-refractivity contribution is 0.288. The summed E-state index contributed by atoms with van der Waals surface area (Å²) in [5.41, 5.74) is 1.36. The van der Waals surface area contributed by atoms with Crippen LogP contribution < -0.4 is 0 Å². The highest BCUT2D eigenvalue weighted by Gasteiger charge is 2.01. The molecule has 2 nitrogen and oxygen atoms in total. The fourth-order valence-electron chi connectivity index (χ4n) is 1.27. The molecule has 1 rings (SSSR count). The molecule has 2 heteroatoms. The van der Waals surface area contributed by atoms with E-state index in [-0.39, 0.29) is 0 Å². The summed E-state index contributed by atoms with van der Waals surface area (Å²) in [6, 6.07) is 0. The Balaban J connectivity index is 2.31. The molecule has 0 fully saturated rings. The number of nitrogens with zero attached hydrogens (tertiary/aromatic N) is 1. The molecule has 0 unspecified atom stereocenters. The molecule has 0 aromatic rings. The molecule has 0 aromatic carbocycles. The van der Waals surface area contributed by atoms with Crippen molar-refractivity contribution in [3.63, 3.8) is 0 Å². The highest BCUT2D eigenvalue weighted by atomic mass is 16.2. The highest BCUT2D eigenvalue weighted by molar-refractivity contribution is 5.22. The first-order valence-electron chi connectivity index (χ1n) is 4.59. The number of hydrogen-bond acceptors (Lipinski definition) is 2. The first-order valence-corrected chi connectivity index (χ1v) is 4.59. The van der Waals surface area contributed by atoms with Crippen LogP contribution in [-0.4, -0.2) is 29.7 Å². The van der Waals surface area contributed by atoms with E-state index in [1.165, 1.54) is 5.57 Å². The molecular formula is C10H17NO.